The zero-order valence-corrected chi connectivity index (χ0v) is 27.1. The lowest BCUT2D eigenvalue weighted by Crippen LogP contribution is -2.74. The minimum Gasteiger partial charge on any atom is -0.387 e. The highest BCUT2D eigenvalue weighted by Crippen LogP contribution is 2.29. The highest BCUT2D eigenvalue weighted by molar-refractivity contribution is 7.00. The molecule has 0 radical (unpaired) electrons. The summed E-state index contributed by atoms with van der Waals surface area (Å²) in [6, 6.07) is 20.5. The molecule has 0 spiro atoms. The maximum atomic E-state index is 7.33. The van der Waals surface area contributed by atoms with Crippen molar-refractivity contribution < 1.29 is 25.9 Å². The second-order valence-electron chi connectivity index (χ2n) is 9.25. The van der Waals surface area contributed by atoms with Crippen molar-refractivity contribution in [3.8, 4) is 0 Å². The molecule has 0 unspecified atom stereocenters. The van der Waals surface area contributed by atoms with Gasteiger partial charge in [-0.3, -0.25) is 0 Å². The molecule has 0 heterocycles. The predicted molar refractivity (Wildman–Crippen MR) is 169 cm³/mol. The van der Waals surface area contributed by atoms with Crippen molar-refractivity contribution in [1.29, 1.82) is 0 Å². The smallest absolute Gasteiger partial charge is 0.387 e. The highest BCUT2D eigenvalue weighted by Gasteiger charge is 2.59. The Balaban J connectivity index is 2.87. The Morgan fingerprint density at radius 1 is 0.439 bits per heavy atom. The SMILES string of the molecule is NCCC[Si](OCCN)(OCCN)O[Si](O[Si](CCCN)(OCCN)OCCN)(c1ccccc1)c1ccccc1. The number of hydrogen-bond donors (Lipinski definition) is 6. The van der Waals surface area contributed by atoms with E-state index in [0.717, 1.165) is 10.4 Å². The van der Waals surface area contributed by atoms with Crippen LogP contribution in [0.4, 0.5) is 0 Å². The molecule has 0 saturated heterocycles. The lowest BCUT2D eigenvalue weighted by atomic mass is 10.4. The molecule has 15 heteroatoms. The van der Waals surface area contributed by atoms with Crippen LogP contribution in [0.2, 0.25) is 12.1 Å². The summed E-state index contributed by atoms with van der Waals surface area (Å²) in [4.78, 5) is 0. The first-order valence-corrected chi connectivity index (χ1v) is 19.9. The van der Waals surface area contributed by atoms with Crippen LogP contribution in [-0.4, -0.2) is 91.9 Å². The Labute approximate surface area is 247 Å². The van der Waals surface area contributed by atoms with Crippen molar-refractivity contribution in [3.05, 3.63) is 60.7 Å². The molecule has 0 aliphatic carbocycles. The molecule has 12 N–H and O–H groups in total. The Morgan fingerprint density at radius 3 is 1.02 bits per heavy atom. The van der Waals surface area contributed by atoms with Crippen molar-refractivity contribution in [2.45, 2.75) is 24.9 Å². The molecule has 0 atom stereocenters. The van der Waals surface area contributed by atoms with E-state index in [-0.39, 0.29) is 52.6 Å². The second-order valence-corrected chi connectivity index (χ2v) is 18.2. The molecular formula is C26H50N6O6Si3. The van der Waals surface area contributed by atoms with Gasteiger partial charge in [0.1, 0.15) is 0 Å². The van der Waals surface area contributed by atoms with Gasteiger partial charge in [0.25, 0.3) is 0 Å². The average Bonchev–Trinajstić information content (AvgIpc) is 3.02. The fraction of sp³-hybridized carbons (Fsp3) is 0.538. The average molecular weight is 627 g/mol. The Bertz CT molecular complexity index is 821. The third kappa shape index (κ3) is 11.0. The summed E-state index contributed by atoms with van der Waals surface area (Å²) in [5.41, 5.74) is 35.5. The van der Waals surface area contributed by atoms with E-state index in [1.54, 1.807) is 0 Å². The molecule has 0 bridgehead atoms. The topological polar surface area (TPSA) is 212 Å². The molecular weight excluding hydrogens is 577 g/mol. The van der Waals surface area contributed by atoms with E-state index in [1.807, 2.05) is 60.7 Å². The molecule has 0 fully saturated rings. The lowest BCUT2D eigenvalue weighted by molar-refractivity contribution is 0.0793. The van der Waals surface area contributed by atoms with Crippen LogP contribution in [0.15, 0.2) is 60.7 Å². The summed E-state index contributed by atoms with van der Waals surface area (Å²) >= 11 is 0. The molecule has 232 valence electrons. The summed E-state index contributed by atoms with van der Waals surface area (Å²) < 4.78 is 40.4. The first-order valence-electron chi connectivity index (χ1n) is 14.3. The summed E-state index contributed by atoms with van der Waals surface area (Å²) in [6.07, 6.45) is 1.22. The first-order chi connectivity index (χ1) is 20.0. The number of rotatable bonds is 24. The van der Waals surface area contributed by atoms with Crippen LogP contribution in [0.5, 0.6) is 0 Å². The summed E-state index contributed by atoms with van der Waals surface area (Å²) in [5.74, 6) is 0. The fourth-order valence-electron chi connectivity index (χ4n) is 4.26. The quantitative estimate of drug-likeness (QED) is 0.0755. The minimum absolute atomic E-state index is 0.235. The van der Waals surface area contributed by atoms with Gasteiger partial charge in [-0.05, 0) is 36.3 Å². The van der Waals surface area contributed by atoms with E-state index in [9.17, 15) is 0 Å². The molecule has 2 aromatic carbocycles. The van der Waals surface area contributed by atoms with Gasteiger partial charge in [0.2, 0.25) is 0 Å². The van der Waals surface area contributed by atoms with Gasteiger partial charge >= 0.3 is 26.2 Å². The zero-order valence-electron chi connectivity index (χ0n) is 24.1. The Hall–Kier alpha value is -1.39. The van der Waals surface area contributed by atoms with Crippen molar-refractivity contribution in [1.82, 2.24) is 0 Å². The summed E-state index contributed by atoms with van der Waals surface area (Å²) in [6.45, 7) is 2.93. The maximum absolute atomic E-state index is 7.33. The van der Waals surface area contributed by atoms with Gasteiger partial charge in [-0.2, -0.15) is 0 Å². The van der Waals surface area contributed by atoms with Gasteiger partial charge in [0.05, 0.1) is 26.4 Å². The van der Waals surface area contributed by atoms with E-state index in [4.69, 9.17) is 60.3 Å². The highest BCUT2D eigenvalue weighted by atomic mass is 28.5. The van der Waals surface area contributed by atoms with Crippen molar-refractivity contribution >= 4 is 36.5 Å². The number of benzene rings is 2. The largest absolute Gasteiger partial charge is 0.492 e. The summed E-state index contributed by atoms with van der Waals surface area (Å²) in [7, 11) is -10.8. The molecule has 0 aromatic heterocycles. The van der Waals surface area contributed by atoms with Crippen LogP contribution in [0.1, 0.15) is 12.8 Å². The van der Waals surface area contributed by atoms with Crippen LogP contribution < -0.4 is 44.8 Å². The van der Waals surface area contributed by atoms with E-state index < -0.39 is 26.2 Å². The second kappa shape index (κ2) is 19.7. The minimum atomic E-state index is -3.74. The van der Waals surface area contributed by atoms with Gasteiger partial charge in [0.15, 0.2) is 0 Å². The van der Waals surface area contributed by atoms with Gasteiger partial charge in [-0.1, -0.05) is 60.7 Å². The Morgan fingerprint density at radius 2 is 0.756 bits per heavy atom. The molecule has 0 aliphatic heterocycles. The molecule has 12 nitrogen and oxygen atoms in total. The van der Waals surface area contributed by atoms with Gasteiger partial charge in [-0.25, -0.2) is 0 Å². The van der Waals surface area contributed by atoms with Crippen LogP contribution in [0.25, 0.3) is 0 Å². The maximum Gasteiger partial charge on any atom is 0.492 e. The van der Waals surface area contributed by atoms with Crippen molar-refractivity contribution in [2.24, 2.45) is 34.4 Å². The molecule has 2 aromatic rings. The predicted octanol–water partition coefficient (Wildman–Crippen LogP) is -1.25. The van der Waals surface area contributed by atoms with Gasteiger partial charge < -0.3 is 60.3 Å². The van der Waals surface area contributed by atoms with Crippen molar-refractivity contribution in [2.75, 3.05) is 65.7 Å². The molecule has 0 aliphatic rings. The van der Waals surface area contributed by atoms with Gasteiger partial charge in [-0.15, -0.1) is 0 Å². The molecule has 0 amide bonds. The fourth-order valence-corrected chi connectivity index (χ4v) is 17.3. The van der Waals surface area contributed by atoms with E-state index in [1.165, 1.54) is 0 Å². The lowest BCUT2D eigenvalue weighted by Gasteiger charge is -2.44. The van der Waals surface area contributed by atoms with E-state index in [2.05, 4.69) is 0 Å². The monoisotopic (exact) mass is 626 g/mol. The Kier molecular flexibility index (Phi) is 17.2. The standard InChI is InChI=1S/C26H50N6O6Si3/c27-13-7-23-39(33-19-15-29,34-20-16-30)37-41(25-9-3-1-4-10-25,26-11-5-2-6-12-26)38-40(24-8-14-28,35-21-17-31)36-22-18-32/h1-6,9-12H,7-8,13-24,27-32H2. The molecule has 2 rings (SSSR count). The van der Waals surface area contributed by atoms with Crippen LogP contribution >= 0.6 is 0 Å². The van der Waals surface area contributed by atoms with Crippen molar-refractivity contribution in [3.63, 3.8) is 0 Å². The van der Waals surface area contributed by atoms with Gasteiger partial charge in [0, 0.05) is 38.3 Å². The third-order valence-electron chi connectivity index (χ3n) is 6.04. The molecule has 0 saturated carbocycles. The normalized spacial score (nSPS) is 12.6. The molecule has 41 heavy (non-hydrogen) atoms. The van der Waals surface area contributed by atoms with Crippen LogP contribution in [0, 0.1) is 0 Å². The number of hydrogen-bond acceptors (Lipinski definition) is 12. The third-order valence-corrected chi connectivity index (χ3v) is 17.5. The summed E-state index contributed by atoms with van der Waals surface area (Å²) in [5, 5.41) is 1.67. The van der Waals surface area contributed by atoms with E-state index >= 15 is 0 Å². The van der Waals surface area contributed by atoms with Crippen LogP contribution in [-0.2, 0) is 25.9 Å². The number of nitrogens with two attached hydrogens (primary N) is 6. The van der Waals surface area contributed by atoms with E-state index in [0.29, 0.717) is 38.0 Å². The zero-order chi connectivity index (χ0) is 29.9. The first kappa shape index (κ1) is 35.8. The van der Waals surface area contributed by atoms with Crippen LogP contribution in [0.3, 0.4) is 0 Å².